The van der Waals surface area contributed by atoms with E-state index in [9.17, 15) is 4.79 Å². The van der Waals surface area contributed by atoms with Crippen LogP contribution in [0.3, 0.4) is 0 Å². The van der Waals surface area contributed by atoms with Gasteiger partial charge in [0, 0.05) is 12.8 Å². The van der Waals surface area contributed by atoms with Gasteiger partial charge in [-0.1, -0.05) is 12.2 Å². The summed E-state index contributed by atoms with van der Waals surface area (Å²) in [5.74, 6) is 0.349. The summed E-state index contributed by atoms with van der Waals surface area (Å²) < 4.78 is 0. The van der Waals surface area contributed by atoms with E-state index < -0.39 is 0 Å². The molecular formula is C11H10O. The Bertz CT molecular complexity index is 336. The Morgan fingerprint density at radius 3 is 3.08 bits per heavy atom. The molecule has 12 heavy (non-hydrogen) atoms. The Morgan fingerprint density at radius 1 is 1.25 bits per heavy atom. The van der Waals surface area contributed by atoms with Crippen molar-refractivity contribution in [2.45, 2.75) is 19.3 Å². The maximum Gasteiger partial charge on any atom is 0.137 e. The van der Waals surface area contributed by atoms with Crippen molar-refractivity contribution in [3.05, 3.63) is 41.2 Å². The lowest BCUT2D eigenvalue weighted by atomic mass is 9.91. The van der Waals surface area contributed by atoms with Crippen LogP contribution < -0.4 is 0 Å². The highest BCUT2D eigenvalue weighted by molar-refractivity contribution is 5.83. The molecular weight excluding hydrogens is 148 g/mol. The van der Waals surface area contributed by atoms with E-state index in [1.807, 2.05) is 18.2 Å². The molecule has 0 fully saturated rings. The molecule has 0 N–H and O–H groups in total. The predicted molar refractivity (Wildman–Crippen MR) is 47.7 cm³/mol. The highest BCUT2D eigenvalue weighted by atomic mass is 16.1. The summed E-state index contributed by atoms with van der Waals surface area (Å²) in [5.41, 5.74) is 5.47. The van der Waals surface area contributed by atoms with Gasteiger partial charge >= 0.3 is 0 Å². The first-order chi connectivity index (χ1) is 5.86. The first-order valence-corrected chi connectivity index (χ1v) is 4.19. The zero-order valence-electron chi connectivity index (χ0n) is 6.84. The molecule has 0 aliphatic heterocycles. The van der Waals surface area contributed by atoms with Crippen LogP contribution in [0, 0.1) is 0 Å². The van der Waals surface area contributed by atoms with Gasteiger partial charge in [0.25, 0.3) is 0 Å². The topological polar surface area (TPSA) is 17.1 Å². The van der Waals surface area contributed by atoms with Gasteiger partial charge in [0.1, 0.15) is 5.78 Å². The SMILES string of the molecule is O=C1CCC2=C(C=C=CC=C2)C1. The zero-order valence-corrected chi connectivity index (χ0v) is 6.84. The fraction of sp³-hybridized carbons (Fsp3) is 0.273. The Hall–Kier alpha value is -1.33. The number of allylic oxidation sites excluding steroid dienone is 5. The number of hydrogen-bond acceptors (Lipinski definition) is 1. The average molecular weight is 158 g/mol. The van der Waals surface area contributed by atoms with E-state index in [1.165, 1.54) is 5.57 Å². The molecule has 1 nitrogen and oxygen atoms in total. The van der Waals surface area contributed by atoms with Crippen LogP contribution >= 0.6 is 0 Å². The molecule has 0 spiro atoms. The van der Waals surface area contributed by atoms with Gasteiger partial charge in [-0.15, -0.1) is 5.73 Å². The van der Waals surface area contributed by atoms with Crippen molar-refractivity contribution in [1.29, 1.82) is 0 Å². The molecule has 0 amide bonds. The van der Waals surface area contributed by atoms with Gasteiger partial charge in [0.2, 0.25) is 0 Å². The Morgan fingerprint density at radius 2 is 2.17 bits per heavy atom. The molecule has 0 radical (unpaired) electrons. The number of ketones is 1. The fourth-order valence-corrected chi connectivity index (χ4v) is 1.55. The fourth-order valence-electron chi connectivity index (χ4n) is 1.55. The van der Waals surface area contributed by atoms with Crippen molar-refractivity contribution in [2.75, 3.05) is 0 Å². The lowest BCUT2D eigenvalue weighted by molar-refractivity contribution is -0.118. The van der Waals surface area contributed by atoms with E-state index in [2.05, 4.69) is 11.8 Å². The van der Waals surface area contributed by atoms with E-state index in [0.29, 0.717) is 18.6 Å². The van der Waals surface area contributed by atoms with Crippen LogP contribution in [0.15, 0.2) is 41.2 Å². The molecule has 0 aromatic heterocycles. The molecule has 0 bridgehead atoms. The first kappa shape index (κ1) is 7.33. The Balaban J connectivity index is 2.39. The summed E-state index contributed by atoms with van der Waals surface area (Å²) in [7, 11) is 0. The average Bonchev–Trinajstić information content (AvgIpc) is 2.28. The monoisotopic (exact) mass is 158 g/mol. The molecule has 0 unspecified atom stereocenters. The molecule has 0 saturated carbocycles. The van der Waals surface area contributed by atoms with Gasteiger partial charge in [-0.3, -0.25) is 4.79 Å². The van der Waals surface area contributed by atoms with Crippen molar-refractivity contribution in [2.24, 2.45) is 0 Å². The standard InChI is InChI=1S/C11H10O/c12-11-7-6-9-4-2-1-3-5-10(9)8-11/h1-2,4-5H,6-8H2. The summed E-state index contributed by atoms with van der Waals surface area (Å²) in [6.45, 7) is 0. The minimum absolute atomic E-state index is 0.349. The highest BCUT2D eigenvalue weighted by Gasteiger charge is 2.14. The second-order valence-electron chi connectivity index (χ2n) is 3.10. The molecule has 60 valence electrons. The van der Waals surface area contributed by atoms with E-state index in [-0.39, 0.29) is 0 Å². The predicted octanol–water partition coefficient (Wildman–Crippen LogP) is 2.32. The van der Waals surface area contributed by atoms with Crippen LogP contribution in [0.1, 0.15) is 19.3 Å². The largest absolute Gasteiger partial charge is 0.299 e. The van der Waals surface area contributed by atoms with Crippen LogP contribution in [0.2, 0.25) is 0 Å². The minimum atomic E-state index is 0.349. The van der Waals surface area contributed by atoms with Crippen LogP contribution in [0.4, 0.5) is 0 Å². The van der Waals surface area contributed by atoms with Crippen LogP contribution in [-0.2, 0) is 4.79 Å². The smallest absolute Gasteiger partial charge is 0.137 e. The quantitative estimate of drug-likeness (QED) is 0.494. The molecule has 0 heterocycles. The van der Waals surface area contributed by atoms with E-state index >= 15 is 0 Å². The van der Waals surface area contributed by atoms with Crippen LogP contribution in [-0.4, -0.2) is 5.78 Å². The third kappa shape index (κ3) is 1.32. The first-order valence-electron chi connectivity index (χ1n) is 4.19. The Labute approximate surface area is 71.8 Å². The Kier molecular flexibility index (Phi) is 1.81. The third-order valence-corrected chi connectivity index (χ3v) is 2.22. The van der Waals surface area contributed by atoms with Crippen LogP contribution in [0.5, 0.6) is 0 Å². The van der Waals surface area contributed by atoms with Crippen molar-refractivity contribution in [3.63, 3.8) is 0 Å². The second kappa shape index (κ2) is 2.96. The minimum Gasteiger partial charge on any atom is -0.299 e. The molecule has 2 aliphatic rings. The van der Waals surface area contributed by atoms with Crippen LogP contribution in [0.25, 0.3) is 0 Å². The van der Waals surface area contributed by atoms with E-state index in [0.717, 1.165) is 12.0 Å². The maximum absolute atomic E-state index is 11.1. The lowest BCUT2D eigenvalue weighted by Gasteiger charge is -2.13. The molecule has 2 rings (SSSR count). The zero-order chi connectivity index (χ0) is 8.39. The van der Waals surface area contributed by atoms with Gasteiger partial charge in [0.15, 0.2) is 0 Å². The molecule has 0 aromatic rings. The second-order valence-corrected chi connectivity index (χ2v) is 3.10. The number of carbonyl (C=O) groups excluding carboxylic acids is 1. The molecule has 0 aromatic carbocycles. The summed E-state index contributed by atoms with van der Waals surface area (Å²) in [6, 6.07) is 0. The molecule has 0 saturated heterocycles. The van der Waals surface area contributed by atoms with Gasteiger partial charge in [-0.05, 0) is 29.7 Å². The molecule has 2 aliphatic carbocycles. The third-order valence-electron chi connectivity index (χ3n) is 2.22. The highest BCUT2D eigenvalue weighted by Crippen LogP contribution is 2.25. The summed E-state index contributed by atoms with van der Waals surface area (Å²) in [5, 5.41) is 0. The maximum atomic E-state index is 11.1. The number of rotatable bonds is 0. The van der Waals surface area contributed by atoms with E-state index in [4.69, 9.17) is 0 Å². The van der Waals surface area contributed by atoms with Gasteiger partial charge in [0.05, 0.1) is 0 Å². The van der Waals surface area contributed by atoms with Crippen molar-refractivity contribution < 1.29 is 4.79 Å². The summed E-state index contributed by atoms with van der Waals surface area (Å²) in [6.07, 6.45) is 10.1. The number of Topliss-reactive ketones (excluding diaryl/α,β-unsaturated/α-hetero) is 1. The normalized spacial score (nSPS) is 21.2. The van der Waals surface area contributed by atoms with Gasteiger partial charge < -0.3 is 0 Å². The molecule has 1 heteroatoms. The lowest BCUT2D eigenvalue weighted by Crippen LogP contribution is -2.06. The summed E-state index contributed by atoms with van der Waals surface area (Å²) >= 11 is 0. The van der Waals surface area contributed by atoms with Crippen molar-refractivity contribution in [1.82, 2.24) is 0 Å². The van der Waals surface area contributed by atoms with Crippen molar-refractivity contribution in [3.8, 4) is 0 Å². The molecule has 0 atom stereocenters. The number of carbonyl (C=O) groups is 1. The van der Waals surface area contributed by atoms with Gasteiger partial charge in [-0.2, -0.15) is 0 Å². The van der Waals surface area contributed by atoms with Crippen molar-refractivity contribution >= 4 is 5.78 Å². The number of hydrogen-bond donors (Lipinski definition) is 0. The summed E-state index contributed by atoms with van der Waals surface area (Å²) in [4.78, 5) is 11.1. The van der Waals surface area contributed by atoms with E-state index in [1.54, 1.807) is 0 Å². The van der Waals surface area contributed by atoms with Gasteiger partial charge in [-0.25, -0.2) is 0 Å².